The van der Waals surface area contributed by atoms with Crippen LogP contribution in [0.1, 0.15) is 22.3 Å². The summed E-state index contributed by atoms with van der Waals surface area (Å²) in [6, 6.07) is 54.2. The van der Waals surface area contributed by atoms with Crippen LogP contribution in [-0.2, 0) is 47.0 Å². The number of fused-ring (bicyclic) bond motifs is 9. The van der Waals surface area contributed by atoms with Gasteiger partial charge in [0, 0.05) is 65.3 Å². The molecule has 0 saturated carbocycles. The van der Waals surface area contributed by atoms with E-state index < -0.39 is 0 Å². The van der Waals surface area contributed by atoms with Crippen LogP contribution in [0.4, 0.5) is 0 Å². The Morgan fingerprint density at radius 1 is 0.250 bits per heavy atom. The molecule has 300 valence electrons. The van der Waals surface area contributed by atoms with Gasteiger partial charge in [0.15, 0.2) is 21.0 Å². The fourth-order valence-corrected chi connectivity index (χ4v) is 10.3. The summed E-state index contributed by atoms with van der Waals surface area (Å²) in [5, 5.41) is 34.8. The van der Waals surface area contributed by atoms with Gasteiger partial charge in [0.05, 0.1) is 47.0 Å². The molecule has 0 amide bonds. The van der Waals surface area contributed by atoms with Crippen molar-refractivity contribution in [2.75, 3.05) is 25.0 Å². The van der Waals surface area contributed by atoms with E-state index in [9.17, 15) is 0 Å². The minimum atomic E-state index is 1.03. The number of rotatable bonds is 1. The molecule has 0 aliphatic rings. The maximum atomic E-state index is 3.63. The fraction of sp³-hybridized carbons (Fsp3) is 0.0667. The van der Waals surface area contributed by atoms with Crippen molar-refractivity contribution in [3.8, 4) is 55.8 Å². The van der Waals surface area contributed by atoms with Crippen LogP contribution in [0.15, 0.2) is 146 Å². The van der Waals surface area contributed by atoms with Crippen molar-refractivity contribution in [1.29, 1.82) is 0 Å². The van der Waals surface area contributed by atoms with E-state index in [4.69, 9.17) is 0 Å². The summed E-state index contributed by atoms with van der Waals surface area (Å²) in [6.07, 6.45) is 8.36. The summed E-state index contributed by atoms with van der Waals surface area (Å²) in [6.45, 7) is 0. The van der Waals surface area contributed by atoms with Crippen molar-refractivity contribution >= 4 is 144 Å². The van der Waals surface area contributed by atoms with E-state index in [-0.39, 0.29) is 0 Å². The van der Waals surface area contributed by atoms with Gasteiger partial charge in [-0.25, -0.2) is 0 Å². The second kappa shape index (κ2) is 16.8. The number of benzene rings is 11. The first-order valence-corrected chi connectivity index (χ1v) is 26.5. The first kappa shape index (κ1) is 40.2. The molecule has 0 N–H and O–H groups in total. The molecule has 0 aliphatic heterocycles. The van der Waals surface area contributed by atoms with Gasteiger partial charge in [-0.1, -0.05) is 72.8 Å². The molecule has 11 aromatic carbocycles. The number of hydrogen-bond acceptors (Lipinski definition) is 0. The van der Waals surface area contributed by atoms with Crippen LogP contribution >= 0.6 is 0 Å². The van der Waals surface area contributed by atoms with Crippen LogP contribution in [0.2, 0.25) is 0 Å². The van der Waals surface area contributed by atoms with Gasteiger partial charge in [-0.05, 0) is 161 Å². The van der Waals surface area contributed by atoms with Crippen LogP contribution in [0.3, 0.4) is 0 Å². The molecule has 11 aromatic rings. The zero-order chi connectivity index (χ0) is 43.3. The van der Waals surface area contributed by atoms with Crippen molar-refractivity contribution in [1.82, 2.24) is 0 Å². The summed E-state index contributed by atoms with van der Waals surface area (Å²) >= 11 is 4.15. The van der Waals surface area contributed by atoms with Gasteiger partial charge < -0.3 is 0 Å². The summed E-state index contributed by atoms with van der Waals surface area (Å²) in [7, 11) is 0. The molecule has 0 saturated heterocycles. The SMILES string of the molecule is C[SH+]C#Cc1c2cc3ccccc3cc2c(C#C[SH+]C)c2cc3cc(-c4ccc5cc6c(C#C[SH+]C)c7cc8cc9ccccc9cc8cc7c(C#C[SH+]C)c6cc5c4)ccc3cc12. The molecule has 0 unspecified atom stereocenters. The second-order valence-electron chi connectivity index (χ2n) is 16.0. The third-order valence-electron chi connectivity index (χ3n) is 12.3. The van der Waals surface area contributed by atoms with Crippen LogP contribution in [-0.4, -0.2) is 25.0 Å². The second-order valence-corrected chi connectivity index (χ2v) is 18.6. The highest BCUT2D eigenvalue weighted by Gasteiger charge is 2.18. The highest BCUT2D eigenvalue weighted by molar-refractivity contribution is 7.83. The molecular weight excluding hydrogens is 849 g/mol. The summed E-state index contributed by atoms with van der Waals surface area (Å²) in [5.41, 5.74) is 6.59. The van der Waals surface area contributed by atoms with Gasteiger partial charge >= 0.3 is 0 Å². The predicted molar refractivity (Wildman–Crippen MR) is 296 cm³/mol. The highest BCUT2D eigenvalue weighted by Crippen LogP contribution is 2.41. The molecule has 0 nitrogen and oxygen atoms in total. The Bertz CT molecular complexity index is 4090. The van der Waals surface area contributed by atoms with Gasteiger partial charge in [-0.2, -0.15) is 0 Å². The van der Waals surface area contributed by atoms with E-state index in [1.54, 1.807) is 0 Å². The first-order chi connectivity index (χ1) is 31.5. The maximum absolute atomic E-state index is 3.63. The molecule has 0 radical (unpaired) electrons. The first-order valence-electron chi connectivity index (χ1n) is 21.1. The van der Waals surface area contributed by atoms with Gasteiger partial charge in [-0.3, -0.25) is 0 Å². The molecule has 0 bridgehead atoms. The zero-order valence-electron chi connectivity index (χ0n) is 35.6. The van der Waals surface area contributed by atoms with Crippen LogP contribution in [0.25, 0.3) is 108 Å². The third-order valence-corrected chi connectivity index (χ3v) is 13.7. The lowest BCUT2D eigenvalue weighted by Crippen LogP contribution is -1.93. The predicted octanol–water partition coefficient (Wildman–Crippen LogP) is 12.7. The minimum absolute atomic E-state index is 1.03. The van der Waals surface area contributed by atoms with E-state index >= 15 is 0 Å². The molecule has 64 heavy (non-hydrogen) atoms. The molecule has 0 fully saturated rings. The molecule has 0 heterocycles. The lowest BCUT2D eigenvalue weighted by molar-refractivity contribution is 1.68. The van der Waals surface area contributed by atoms with Crippen molar-refractivity contribution < 1.29 is 0 Å². The Morgan fingerprint density at radius 2 is 0.484 bits per heavy atom. The molecule has 0 aromatic heterocycles. The molecule has 0 atom stereocenters. The van der Waals surface area contributed by atoms with Gasteiger partial charge in [-0.15, -0.1) is 0 Å². The maximum Gasteiger partial charge on any atom is 0.154 e. The van der Waals surface area contributed by atoms with Crippen molar-refractivity contribution in [3.63, 3.8) is 0 Å². The number of thiol groups is 4. The van der Waals surface area contributed by atoms with E-state index in [0.29, 0.717) is 0 Å². The fourth-order valence-electron chi connectivity index (χ4n) is 9.41. The van der Waals surface area contributed by atoms with Crippen molar-refractivity contribution in [3.05, 3.63) is 168 Å². The van der Waals surface area contributed by atoms with Gasteiger partial charge in [0.25, 0.3) is 0 Å². The van der Waals surface area contributed by atoms with E-state index in [1.165, 1.54) is 65.0 Å². The van der Waals surface area contributed by atoms with Crippen LogP contribution in [0.5, 0.6) is 0 Å². The molecule has 11 rings (SSSR count). The van der Waals surface area contributed by atoms with Gasteiger partial charge in [0.1, 0.15) is 25.0 Å². The van der Waals surface area contributed by atoms with E-state index in [0.717, 1.165) is 112 Å². The van der Waals surface area contributed by atoms with E-state index in [1.807, 2.05) is 0 Å². The average Bonchev–Trinajstić information content (AvgIpc) is 3.33. The van der Waals surface area contributed by atoms with Gasteiger partial charge in [0.2, 0.25) is 0 Å². The lowest BCUT2D eigenvalue weighted by atomic mass is 9.87. The molecule has 0 spiro atoms. The Kier molecular flexibility index (Phi) is 10.6. The topological polar surface area (TPSA) is 0 Å². The smallest absolute Gasteiger partial charge is 0.0616 e. The Morgan fingerprint density at radius 3 is 0.766 bits per heavy atom. The van der Waals surface area contributed by atoms with Crippen LogP contribution < -0.4 is 0 Å². The quantitative estimate of drug-likeness (QED) is 0.0667. The standard InChI is InChI=1S/C60H36S4/c1-61-21-17-49-53-29-39-11-7-8-12-40(39)30-54(53)50(18-22-62-2)57-33-45-27-41(13-15-43(45)31-55(49)57)42-14-16-44-32-56-51(19-23-63-3)59-35-47-25-37-9-5-6-10-38(37)26-48(47)36-60(59)52(20-24-64-4)58(56)34-46(44)28-42/h5-16,25-36H,1-4H3/p+4. The largest absolute Gasteiger partial charge is 0.154 e. The normalized spacial score (nSPS) is 11.2. The van der Waals surface area contributed by atoms with Crippen LogP contribution in [0, 0.1) is 44.7 Å². The molecule has 4 heteroatoms. The minimum Gasteiger partial charge on any atom is -0.0616 e. The van der Waals surface area contributed by atoms with E-state index in [2.05, 4.69) is 215 Å². The van der Waals surface area contributed by atoms with Crippen molar-refractivity contribution in [2.24, 2.45) is 0 Å². The van der Waals surface area contributed by atoms with Crippen molar-refractivity contribution in [2.45, 2.75) is 0 Å². The summed E-state index contributed by atoms with van der Waals surface area (Å²) < 4.78 is 0. The average molecular weight is 889 g/mol. The monoisotopic (exact) mass is 888 g/mol. The lowest BCUT2D eigenvalue weighted by Gasteiger charge is -2.15. The zero-order valence-corrected chi connectivity index (χ0v) is 39.2. The Labute approximate surface area is 389 Å². The summed E-state index contributed by atoms with van der Waals surface area (Å²) in [5.74, 6) is 14.4. The Balaban J connectivity index is 1.13. The highest BCUT2D eigenvalue weighted by atomic mass is 32.2. The summed E-state index contributed by atoms with van der Waals surface area (Å²) in [4.78, 5) is 0. The number of hydrogen-bond donors (Lipinski definition) is 0. The third kappa shape index (κ3) is 6.97. The molecular formula is C60H40S4+4. The molecule has 0 aliphatic carbocycles. The Hall–Kier alpha value is -6.60.